The molecule has 2 N–H and O–H groups in total. The molecule has 28 heavy (non-hydrogen) atoms. The molecule has 3 fully saturated rings. The summed E-state index contributed by atoms with van der Waals surface area (Å²) in [5.41, 5.74) is -0.192. The van der Waals surface area contributed by atoms with E-state index in [1.54, 1.807) is 0 Å². The van der Waals surface area contributed by atoms with Crippen molar-refractivity contribution < 1.29 is 23.1 Å². The highest BCUT2D eigenvalue weighted by atomic mass is 32.1. The molecule has 2 saturated carbocycles. The molecule has 2 heterocycles. The van der Waals surface area contributed by atoms with Crippen LogP contribution in [0.25, 0.3) is 0 Å². The van der Waals surface area contributed by atoms with Gasteiger partial charge in [0.2, 0.25) is 5.91 Å². The molecule has 5 nitrogen and oxygen atoms in total. The molecule has 4 atom stereocenters. The molecule has 2 amide bonds. The first-order chi connectivity index (χ1) is 13.5. The van der Waals surface area contributed by atoms with E-state index in [0.29, 0.717) is 12.5 Å². The number of amides is 2. The zero-order valence-electron chi connectivity index (χ0n) is 15.7. The fourth-order valence-electron chi connectivity index (χ4n) is 4.45. The van der Waals surface area contributed by atoms with Crippen LogP contribution in [0.2, 0.25) is 0 Å². The van der Waals surface area contributed by atoms with Crippen molar-refractivity contribution in [3.8, 4) is 0 Å². The molecule has 3 aliphatic rings. The van der Waals surface area contributed by atoms with Gasteiger partial charge in [0, 0.05) is 35.0 Å². The normalized spacial score (nSPS) is 30.4. The molecule has 1 aromatic rings. The Balaban J connectivity index is 1.39. The highest BCUT2D eigenvalue weighted by Gasteiger charge is 2.44. The maximum absolute atomic E-state index is 13.1. The van der Waals surface area contributed by atoms with Crippen LogP contribution in [0, 0.1) is 11.8 Å². The van der Waals surface area contributed by atoms with Crippen molar-refractivity contribution in [3.63, 3.8) is 0 Å². The van der Waals surface area contributed by atoms with Crippen molar-refractivity contribution in [1.82, 2.24) is 10.6 Å². The van der Waals surface area contributed by atoms with Crippen LogP contribution in [0.15, 0.2) is 10.8 Å². The monoisotopic (exact) mass is 412 g/mol. The third-order valence-electron chi connectivity index (χ3n) is 6.14. The number of nitrogens with one attached hydrogen (secondary N) is 2. The smallest absolute Gasteiger partial charge is 0.265 e. The third kappa shape index (κ3) is 4.22. The summed E-state index contributed by atoms with van der Waals surface area (Å²) < 4.78 is 31.9. The number of carbonyl (C=O) groups is 2. The number of thiophene rings is 1. The molecule has 154 valence electrons. The van der Waals surface area contributed by atoms with E-state index in [1.807, 2.05) is 0 Å². The number of ether oxygens (including phenoxy) is 1. The van der Waals surface area contributed by atoms with E-state index in [9.17, 15) is 18.4 Å². The van der Waals surface area contributed by atoms with Gasteiger partial charge in [0.1, 0.15) is 0 Å². The Labute approximate surface area is 167 Å². The van der Waals surface area contributed by atoms with Gasteiger partial charge in [-0.3, -0.25) is 9.59 Å². The lowest BCUT2D eigenvalue weighted by Gasteiger charge is -2.34. The zero-order chi connectivity index (χ0) is 19.7. The van der Waals surface area contributed by atoms with Gasteiger partial charge in [-0.1, -0.05) is 12.8 Å². The van der Waals surface area contributed by atoms with Gasteiger partial charge >= 0.3 is 0 Å². The van der Waals surface area contributed by atoms with Crippen molar-refractivity contribution >= 4 is 23.2 Å². The number of hydrogen-bond donors (Lipinski definition) is 2. The lowest BCUT2D eigenvalue weighted by molar-refractivity contribution is -0.128. The minimum Gasteiger partial charge on any atom is -0.377 e. The van der Waals surface area contributed by atoms with Crippen molar-refractivity contribution in [3.05, 3.63) is 21.9 Å². The predicted molar refractivity (Wildman–Crippen MR) is 101 cm³/mol. The van der Waals surface area contributed by atoms with Gasteiger partial charge in [-0.25, -0.2) is 8.78 Å². The fraction of sp³-hybridized carbons (Fsp3) is 0.700. The number of hydrogen-bond acceptors (Lipinski definition) is 4. The van der Waals surface area contributed by atoms with Gasteiger partial charge in [0.25, 0.3) is 12.3 Å². The van der Waals surface area contributed by atoms with Crippen LogP contribution in [0.3, 0.4) is 0 Å². The summed E-state index contributed by atoms with van der Waals surface area (Å²) in [4.78, 5) is 25.4. The highest BCUT2D eigenvalue weighted by molar-refractivity contribution is 7.08. The van der Waals surface area contributed by atoms with Gasteiger partial charge in [-0.2, -0.15) is 11.3 Å². The standard InChI is InChI=1S/C20H26F2N2O3S/c21-18(22)13-9-28-10-14(13)20(26)24-16-4-2-1-3-15(16)23-19(25)12-7-8-27-17(12)11-5-6-11/h9-12,15-18H,1-8H2,(H,23,25)(H,24,26)/t12-,15-,16-,17+/m1/s1. The maximum Gasteiger partial charge on any atom is 0.265 e. The molecular weight excluding hydrogens is 386 g/mol. The van der Waals surface area contributed by atoms with Gasteiger partial charge in [-0.15, -0.1) is 0 Å². The van der Waals surface area contributed by atoms with E-state index in [4.69, 9.17) is 4.74 Å². The van der Waals surface area contributed by atoms with Crippen molar-refractivity contribution in [1.29, 1.82) is 0 Å². The van der Waals surface area contributed by atoms with Gasteiger partial charge in [0.05, 0.1) is 17.6 Å². The number of carbonyl (C=O) groups excluding carboxylic acids is 2. The summed E-state index contributed by atoms with van der Waals surface area (Å²) in [7, 11) is 0. The van der Waals surface area contributed by atoms with E-state index in [-0.39, 0.29) is 41.1 Å². The summed E-state index contributed by atoms with van der Waals surface area (Å²) in [6, 6.07) is -0.406. The first-order valence-corrected chi connectivity index (χ1v) is 11.1. The summed E-state index contributed by atoms with van der Waals surface area (Å²) in [5, 5.41) is 8.81. The molecule has 1 saturated heterocycles. The first kappa shape index (κ1) is 19.8. The van der Waals surface area contributed by atoms with E-state index in [0.717, 1.165) is 56.3 Å². The van der Waals surface area contributed by atoms with Gasteiger partial charge < -0.3 is 15.4 Å². The second kappa shape index (κ2) is 8.45. The van der Waals surface area contributed by atoms with Crippen molar-refractivity contribution in [2.75, 3.05) is 6.61 Å². The molecule has 0 bridgehead atoms. The van der Waals surface area contributed by atoms with Crippen molar-refractivity contribution in [2.45, 2.75) is 69.6 Å². The second-order valence-corrected chi connectivity index (χ2v) is 8.83. The topological polar surface area (TPSA) is 67.4 Å². The Kier molecular flexibility index (Phi) is 5.96. The molecule has 1 aliphatic heterocycles. The van der Waals surface area contributed by atoms with E-state index < -0.39 is 12.3 Å². The van der Waals surface area contributed by atoms with Crippen LogP contribution >= 0.6 is 11.3 Å². The fourth-order valence-corrected chi connectivity index (χ4v) is 5.28. The lowest BCUT2D eigenvalue weighted by Crippen LogP contribution is -2.54. The zero-order valence-corrected chi connectivity index (χ0v) is 16.5. The molecule has 4 rings (SSSR count). The SMILES string of the molecule is O=C(N[C@@H]1CCCC[C@H]1NC(=O)[C@@H]1CCO[C@H]1C1CC1)c1cscc1C(F)F. The van der Waals surface area contributed by atoms with Crippen LogP contribution in [-0.2, 0) is 9.53 Å². The third-order valence-corrected chi connectivity index (χ3v) is 6.90. The molecule has 8 heteroatoms. The van der Waals surface area contributed by atoms with Crippen LogP contribution in [0.1, 0.15) is 67.3 Å². The molecule has 0 radical (unpaired) electrons. The number of halogens is 2. The Morgan fingerprint density at radius 2 is 1.75 bits per heavy atom. The van der Waals surface area contributed by atoms with Gasteiger partial charge in [-0.05, 0) is 38.0 Å². The first-order valence-electron chi connectivity index (χ1n) is 10.1. The Morgan fingerprint density at radius 1 is 1.04 bits per heavy atom. The average molecular weight is 413 g/mol. The Hall–Kier alpha value is -1.54. The van der Waals surface area contributed by atoms with Gasteiger partial charge in [0.15, 0.2) is 0 Å². The molecule has 1 aromatic heterocycles. The molecule has 0 spiro atoms. The summed E-state index contributed by atoms with van der Waals surface area (Å²) in [5.74, 6) is -0.0911. The minimum atomic E-state index is -2.67. The van der Waals surface area contributed by atoms with E-state index >= 15 is 0 Å². The Morgan fingerprint density at radius 3 is 2.43 bits per heavy atom. The van der Waals surface area contributed by atoms with E-state index in [1.165, 1.54) is 10.8 Å². The summed E-state index contributed by atoms with van der Waals surface area (Å²) in [6.07, 6.45) is 3.79. The van der Waals surface area contributed by atoms with Crippen LogP contribution in [0.4, 0.5) is 8.78 Å². The number of rotatable bonds is 6. The van der Waals surface area contributed by atoms with Crippen LogP contribution in [0.5, 0.6) is 0 Å². The van der Waals surface area contributed by atoms with Crippen molar-refractivity contribution in [2.24, 2.45) is 11.8 Å². The predicted octanol–water partition coefficient (Wildman–Crippen LogP) is 3.66. The average Bonchev–Trinajstić information content (AvgIpc) is 3.20. The Bertz CT molecular complexity index is 722. The second-order valence-electron chi connectivity index (χ2n) is 8.09. The molecule has 0 aromatic carbocycles. The summed E-state index contributed by atoms with van der Waals surface area (Å²) in [6.45, 7) is 0.624. The van der Waals surface area contributed by atoms with E-state index in [2.05, 4.69) is 10.6 Å². The largest absolute Gasteiger partial charge is 0.377 e. The lowest BCUT2D eigenvalue weighted by atomic mass is 9.88. The van der Waals surface area contributed by atoms with Crippen LogP contribution in [-0.4, -0.2) is 36.6 Å². The summed E-state index contributed by atoms with van der Waals surface area (Å²) >= 11 is 1.10. The number of alkyl halides is 2. The van der Waals surface area contributed by atoms with Crippen LogP contribution < -0.4 is 10.6 Å². The molecule has 0 unspecified atom stereocenters. The minimum absolute atomic E-state index is 0.00403. The molecule has 2 aliphatic carbocycles. The quantitative estimate of drug-likeness (QED) is 0.749. The maximum atomic E-state index is 13.1. The molecular formula is C20H26F2N2O3S. The highest BCUT2D eigenvalue weighted by Crippen LogP contribution is 2.41.